The van der Waals surface area contributed by atoms with Crippen LogP contribution in [0.15, 0.2) is 29.2 Å². The molecule has 1 aromatic rings. The molecular weight excluding hydrogens is 270 g/mol. The van der Waals surface area contributed by atoms with Crippen LogP contribution in [-0.2, 0) is 0 Å². The van der Waals surface area contributed by atoms with Crippen LogP contribution in [0.1, 0.15) is 19.8 Å². The molecule has 2 amide bonds. The Morgan fingerprint density at radius 2 is 2.35 bits per heavy atom. The maximum atomic E-state index is 12.0. The molecule has 110 valence electrons. The van der Waals surface area contributed by atoms with Crippen molar-refractivity contribution in [3.8, 4) is 0 Å². The minimum absolute atomic E-state index is 0.105. The van der Waals surface area contributed by atoms with Crippen molar-refractivity contribution in [3.05, 3.63) is 24.3 Å². The zero-order valence-electron chi connectivity index (χ0n) is 12.2. The van der Waals surface area contributed by atoms with E-state index in [0.717, 1.165) is 43.1 Å². The Labute approximate surface area is 125 Å². The van der Waals surface area contributed by atoms with Crippen molar-refractivity contribution in [1.82, 2.24) is 10.2 Å². The van der Waals surface area contributed by atoms with E-state index in [4.69, 9.17) is 0 Å². The van der Waals surface area contributed by atoms with Crippen molar-refractivity contribution in [3.63, 3.8) is 0 Å². The Balaban J connectivity index is 1.85. The standard InChI is InChI=1S/C15H23N3OS/c1-3-18-9-5-7-13(11-18)17-15(19)16-12-6-4-8-14(10-12)20-2/h4,6,8,10,13H,3,5,7,9,11H2,1-2H3,(H2,16,17,19). The molecule has 1 fully saturated rings. The van der Waals surface area contributed by atoms with E-state index >= 15 is 0 Å². The van der Waals surface area contributed by atoms with Crippen LogP contribution in [0, 0.1) is 0 Å². The van der Waals surface area contributed by atoms with E-state index in [1.54, 1.807) is 11.8 Å². The Morgan fingerprint density at radius 1 is 1.50 bits per heavy atom. The van der Waals surface area contributed by atoms with E-state index in [0.29, 0.717) is 0 Å². The second-order valence-electron chi connectivity index (χ2n) is 5.06. The normalized spacial score (nSPS) is 19.6. The lowest BCUT2D eigenvalue weighted by atomic mass is 10.1. The van der Waals surface area contributed by atoms with Crippen molar-refractivity contribution < 1.29 is 4.79 Å². The van der Waals surface area contributed by atoms with Gasteiger partial charge in [0.2, 0.25) is 0 Å². The van der Waals surface area contributed by atoms with Crippen molar-refractivity contribution in [2.75, 3.05) is 31.2 Å². The molecule has 0 saturated carbocycles. The number of nitrogens with one attached hydrogen (secondary N) is 2. The lowest BCUT2D eigenvalue weighted by Gasteiger charge is -2.32. The number of anilines is 1. The number of rotatable bonds is 4. The van der Waals surface area contributed by atoms with Gasteiger partial charge in [-0.15, -0.1) is 11.8 Å². The van der Waals surface area contributed by atoms with Crippen LogP contribution in [0.5, 0.6) is 0 Å². The summed E-state index contributed by atoms with van der Waals surface area (Å²) in [4.78, 5) is 15.6. The largest absolute Gasteiger partial charge is 0.334 e. The number of hydrogen-bond acceptors (Lipinski definition) is 3. The van der Waals surface area contributed by atoms with Gasteiger partial charge in [-0.1, -0.05) is 13.0 Å². The first kappa shape index (κ1) is 15.2. The highest BCUT2D eigenvalue weighted by Gasteiger charge is 2.20. The molecule has 1 atom stereocenters. The van der Waals surface area contributed by atoms with Gasteiger partial charge in [0, 0.05) is 23.2 Å². The van der Waals surface area contributed by atoms with Crippen LogP contribution in [0.4, 0.5) is 10.5 Å². The van der Waals surface area contributed by atoms with Crippen LogP contribution in [-0.4, -0.2) is 42.9 Å². The van der Waals surface area contributed by atoms with E-state index in [1.807, 2.05) is 30.5 Å². The van der Waals surface area contributed by atoms with E-state index in [9.17, 15) is 4.79 Å². The predicted molar refractivity (Wildman–Crippen MR) is 85.5 cm³/mol. The number of carbonyl (C=O) groups is 1. The molecule has 0 aromatic heterocycles. The topological polar surface area (TPSA) is 44.4 Å². The first-order chi connectivity index (χ1) is 9.71. The first-order valence-electron chi connectivity index (χ1n) is 7.15. The molecule has 5 heteroatoms. The third-order valence-corrected chi connectivity index (χ3v) is 4.34. The van der Waals surface area contributed by atoms with Crippen LogP contribution in [0.25, 0.3) is 0 Å². The number of urea groups is 1. The highest BCUT2D eigenvalue weighted by Crippen LogP contribution is 2.19. The van der Waals surface area contributed by atoms with E-state index in [-0.39, 0.29) is 12.1 Å². The summed E-state index contributed by atoms with van der Waals surface area (Å²) in [6.07, 6.45) is 4.25. The third kappa shape index (κ3) is 4.42. The maximum absolute atomic E-state index is 12.0. The monoisotopic (exact) mass is 293 g/mol. The Bertz CT molecular complexity index is 452. The Kier molecular flexibility index (Phi) is 5.73. The van der Waals surface area contributed by atoms with Gasteiger partial charge in [0.1, 0.15) is 0 Å². The molecule has 2 N–H and O–H groups in total. The summed E-state index contributed by atoms with van der Waals surface area (Å²) in [6.45, 7) is 5.31. The maximum Gasteiger partial charge on any atom is 0.319 e. The summed E-state index contributed by atoms with van der Waals surface area (Å²) in [5.74, 6) is 0. The summed E-state index contributed by atoms with van der Waals surface area (Å²) in [5, 5.41) is 5.99. The highest BCUT2D eigenvalue weighted by atomic mass is 32.2. The Hall–Kier alpha value is -1.20. The molecule has 1 aliphatic heterocycles. The molecule has 1 unspecified atom stereocenters. The lowest BCUT2D eigenvalue weighted by Crippen LogP contribution is -2.48. The van der Waals surface area contributed by atoms with Gasteiger partial charge in [0.25, 0.3) is 0 Å². The van der Waals surface area contributed by atoms with Gasteiger partial charge in [0.15, 0.2) is 0 Å². The minimum atomic E-state index is -0.105. The summed E-state index contributed by atoms with van der Waals surface area (Å²) in [5.41, 5.74) is 0.845. The molecule has 1 saturated heterocycles. The lowest BCUT2D eigenvalue weighted by molar-refractivity contribution is 0.196. The van der Waals surface area contributed by atoms with E-state index < -0.39 is 0 Å². The number of hydrogen-bond donors (Lipinski definition) is 2. The number of amides is 2. The summed E-state index contributed by atoms with van der Waals surface area (Å²) in [7, 11) is 0. The van der Waals surface area contributed by atoms with Gasteiger partial charge in [-0.25, -0.2) is 4.79 Å². The molecule has 1 aliphatic rings. The van der Waals surface area contributed by atoms with Crippen LogP contribution in [0.3, 0.4) is 0 Å². The molecule has 20 heavy (non-hydrogen) atoms. The van der Waals surface area contributed by atoms with Crippen LogP contribution >= 0.6 is 11.8 Å². The third-order valence-electron chi connectivity index (χ3n) is 3.62. The van der Waals surface area contributed by atoms with Gasteiger partial charge in [-0.2, -0.15) is 0 Å². The zero-order valence-corrected chi connectivity index (χ0v) is 13.0. The number of thioether (sulfide) groups is 1. The van der Waals surface area contributed by atoms with Gasteiger partial charge >= 0.3 is 6.03 Å². The van der Waals surface area contributed by atoms with Crippen molar-refractivity contribution >= 4 is 23.5 Å². The molecule has 0 bridgehead atoms. The quantitative estimate of drug-likeness (QED) is 0.839. The number of piperidine rings is 1. The Morgan fingerprint density at radius 3 is 3.10 bits per heavy atom. The van der Waals surface area contributed by atoms with Crippen LogP contribution in [0.2, 0.25) is 0 Å². The average Bonchev–Trinajstić information content (AvgIpc) is 2.47. The molecule has 0 spiro atoms. The van der Waals surface area contributed by atoms with Crippen molar-refractivity contribution in [2.45, 2.75) is 30.7 Å². The average molecular weight is 293 g/mol. The van der Waals surface area contributed by atoms with Gasteiger partial charge in [-0.3, -0.25) is 0 Å². The number of benzene rings is 1. The first-order valence-corrected chi connectivity index (χ1v) is 8.37. The van der Waals surface area contributed by atoms with Crippen molar-refractivity contribution in [1.29, 1.82) is 0 Å². The molecular formula is C15H23N3OS. The fourth-order valence-electron chi connectivity index (χ4n) is 2.51. The number of nitrogens with zero attached hydrogens (tertiary/aromatic N) is 1. The second-order valence-corrected chi connectivity index (χ2v) is 5.94. The SMILES string of the molecule is CCN1CCCC(NC(=O)Nc2cccc(SC)c2)C1. The van der Waals surface area contributed by atoms with E-state index in [1.165, 1.54) is 0 Å². The molecule has 1 heterocycles. The number of carbonyl (C=O) groups excluding carboxylic acids is 1. The predicted octanol–water partition coefficient (Wildman–Crippen LogP) is 3.01. The molecule has 0 radical (unpaired) electrons. The summed E-state index contributed by atoms with van der Waals surface area (Å²) < 4.78 is 0. The van der Waals surface area contributed by atoms with Gasteiger partial charge in [0.05, 0.1) is 0 Å². The fourth-order valence-corrected chi connectivity index (χ4v) is 2.97. The highest BCUT2D eigenvalue weighted by molar-refractivity contribution is 7.98. The number of likely N-dealkylation sites (N-methyl/N-ethyl adjacent to an activating group) is 1. The zero-order chi connectivity index (χ0) is 14.4. The molecule has 1 aromatic carbocycles. The minimum Gasteiger partial charge on any atom is -0.334 e. The van der Waals surface area contributed by atoms with E-state index in [2.05, 4.69) is 22.5 Å². The number of likely N-dealkylation sites (tertiary alicyclic amines) is 1. The summed E-state index contributed by atoms with van der Waals surface area (Å²) >= 11 is 1.67. The fraction of sp³-hybridized carbons (Fsp3) is 0.533. The second kappa shape index (κ2) is 7.55. The van der Waals surface area contributed by atoms with Gasteiger partial charge in [-0.05, 0) is 50.4 Å². The van der Waals surface area contributed by atoms with Crippen molar-refractivity contribution in [2.24, 2.45) is 0 Å². The summed E-state index contributed by atoms with van der Waals surface area (Å²) in [6, 6.07) is 8.05. The smallest absolute Gasteiger partial charge is 0.319 e. The molecule has 4 nitrogen and oxygen atoms in total. The molecule has 0 aliphatic carbocycles. The molecule has 2 rings (SSSR count). The van der Waals surface area contributed by atoms with Gasteiger partial charge < -0.3 is 15.5 Å². The van der Waals surface area contributed by atoms with Crippen LogP contribution < -0.4 is 10.6 Å².